The van der Waals surface area contributed by atoms with Crippen molar-refractivity contribution in [1.29, 1.82) is 0 Å². The number of carbonyl (C=O) groups excluding carboxylic acids is 3. The van der Waals surface area contributed by atoms with E-state index in [0.717, 1.165) is 54.4 Å². The predicted molar refractivity (Wildman–Crippen MR) is 167 cm³/mol. The summed E-state index contributed by atoms with van der Waals surface area (Å²) in [5.41, 5.74) is 2.72. The van der Waals surface area contributed by atoms with Gasteiger partial charge in [0.1, 0.15) is 23.4 Å². The molecule has 2 aromatic carbocycles. The van der Waals surface area contributed by atoms with Crippen molar-refractivity contribution in [3.63, 3.8) is 0 Å². The Balaban J connectivity index is 2.60. The Hall–Kier alpha value is -3.55. The van der Waals surface area contributed by atoms with E-state index in [1.807, 2.05) is 45.9 Å². The third kappa shape index (κ3) is 11.0. The Morgan fingerprint density at radius 2 is 1.57 bits per heavy atom. The summed E-state index contributed by atoms with van der Waals surface area (Å²) in [7, 11) is 0. The van der Waals surface area contributed by atoms with E-state index < -0.39 is 23.8 Å². The standard InChI is InChI=1S/C34H51N3O5/c1-9-10-11-12-13-21-37(30(31(39)35-23(2)3)28-16-14-15-24(4)25(28)5)32(40)29(36-33(41)42-34(6,7)8)22-26-17-19-27(38)20-18-26/h14-20,23,29-30,38H,9-13,21-22H2,1-8H3,(H,35,39)(H,36,41). The maximum absolute atomic E-state index is 14.6. The van der Waals surface area contributed by atoms with Crippen LogP contribution in [0.15, 0.2) is 42.5 Å². The first-order valence-corrected chi connectivity index (χ1v) is 15.2. The Kier molecular flexibility index (Phi) is 13.4. The van der Waals surface area contributed by atoms with Crippen LogP contribution in [0.2, 0.25) is 0 Å². The predicted octanol–water partition coefficient (Wildman–Crippen LogP) is 6.51. The second-order valence-electron chi connectivity index (χ2n) is 12.4. The van der Waals surface area contributed by atoms with Gasteiger partial charge in [-0.15, -0.1) is 0 Å². The second kappa shape index (κ2) is 16.2. The number of ether oxygens (including phenoxy) is 1. The van der Waals surface area contributed by atoms with E-state index in [1.54, 1.807) is 49.9 Å². The molecule has 42 heavy (non-hydrogen) atoms. The Labute approximate surface area is 252 Å². The number of unbranched alkanes of at least 4 members (excludes halogenated alkanes) is 4. The van der Waals surface area contributed by atoms with E-state index in [-0.39, 0.29) is 30.0 Å². The molecule has 232 valence electrons. The van der Waals surface area contributed by atoms with Crippen molar-refractivity contribution < 1.29 is 24.2 Å². The van der Waals surface area contributed by atoms with Gasteiger partial charge in [0.15, 0.2) is 0 Å². The van der Waals surface area contributed by atoms with Crippen molar-refractivity contribution in [2.45, 2.75) is 118 Å². The summed E-state index contributed by atoms with van der Waals surface area (Å²) in [6, 6.07) is 10.3. The number of nitrogens with one attached hydrogen (secondary N) is 2. The molecular weight excluding hydrogens is 530 g/mol. The number of benzene rings is 2. The molecular formula is C34H51N3O5. The molecule has 0 radical (unpaired) electrons. The highest BCUT2D eigenvalue weighted by molar-refractivity contribution is 5.92. The summed E-state index contributed by atoms with van der Waals surface area (Å²) in [4.78, 5) is 43.0. The van der Waals surface area contributed by atoms with E-state index in [4.69, 9.17) is 4.74 Å². The lowest BCUT2D eigenvalue weighted by Crippen LogP contribution is -2.54. The number of aromatic hydroxyl groups is 1. The number of amides is 3. The average Bonchev–Trinajstić information content (AvgIpc) is 2.89. The lowest BCUT2D eigenvalue weighted by Gasteiger charge is -2.36. The highest BCUT2D eigenvalue weighted by Crippen LogP contribution is 2.28. The minimum absolute atomic E-state index is 0.107. The molecule has 0 heterocycles. The average molecular weight is 582 g/mol. The van der Waals surface area contributed by atoms with Gasteiger partial charge in [0, 0.05) is 19.0 Å². The first-order valence-electron chi connectivity index (χ1n) is 15.2. The van der Waals surface area contributed by atoms with Gasteiger partial charge in [0.2, 0.25) is 11.8 Å². The molecule has 0 fully saturated rings. The maximum atomic E-state index is 14.6. The molecule has 0 aliphatic rings. The van der Waals surface area contributed by atoms with Crippen molar-refractivity contribution in [2.24, 2.45) is 0 Å². The largest absolute Gasteiger partial charge is 0.508 e. The van der Waals surface area contributed by atoms with Crippen LogP contribution in [-0.4, -0.2) is 52.1 Å². The van der Waals surface area contributed by atoms with Crippen LogP contribution in [-0.2, 0) is 20.7 Å². The lowest BCUT2D eigenvalue weighted by molar-refractivity contribution is -0.142. The Morgan fingerprint density at radius 3 is 2.17 bits per heavy atom. The minimum Gasteiger partial charge on any atom is -0.508 e. The number of alkyl carbamates (subject to hydrolysis) is 1. The molecule has 0 saturated carbocycles. The summed E-state index contributed by atoms with van der Waals surface area (Å²) in [6.45, 7) is 15.5. The highest BCUT2D eigenvalue weighted by Gasteiger charge is 2.37. The zero-order valence-electron chi connectivity index (χ0n) is 26.8. The minimum atomic E-state index is -1.00. The van der Waals surface area contributed by atoms with E-state index in [9.17, 15) is 19.5 Å². The summed E-state index contributed by atoms with van der Waals surface area (Å²) in [6.07, 6.45) is 4.34. The quantitative estimate of drug-likeness (QED) is 0.221. The molecule has 0 bridgehead atoms. The van der Waals surface area contributed by atoms with Crippen molar-refractivity contribution in [3.8, 4) is 5.75 Å². The molecule has 3 amide bonds. The summed E-state index contributed by atoms with van der Waals surface area (Å²) in [5.74, 6) is -0.522. The van der Waals surface area contributed by atoms with Crippen molar-refractivity contribution in [2.75, 3.05) is 6.54 Å². The summed E-state index contributed by atoms with van der Waals surface area (Å²) >= 11 is 0. The zero-order chi connectivity index (χ0) is 31.4. The number of nitrogens with zero attached hydrogens (tertiary/aromatic N) is 1. The Morgan fingerprint density at radius 1 is 0.929 bits per heavy atom. The van der Waals surface area contributed by atoms with Crippen LogP contribution in [0.1, 0.15) is 102 Å². The molecule has 2 unspecified atom stereocenters. The number of rotatable bonds is 14. The van der Waals surface area contributed by atoms with Gasteiger partial charge in [0.05, 0.1) is 0 Å². The van der Waals surface area contributed by atoms with Crippen LogP contribution in [0.25, 0.3) is 0 Å². The number of hydrogen-bond acceptors (Lipinski definition) is 5. The molecule has 8 nitrogen and oxygen atoms in total. The van der Waals surface area contributed by atoms with Crippen molar-refractivity contribution >= 4 is 17.9 Å². The smallest absolute Gasteiger partial charge is 0.408 e. The van der Waals surface area contributed by atoms with Crippen LogP contribution in [0.3, 0.4) is 0 Å². The number of aryl methyl sites for hydroxylation is 1. The molecule has 0 aromatic heterocycles. The lowest BCUT2D eigenvalue weighted by atomic mass is 9.94. The van der Waals surface area contributed by atoms with E-state index in [1.165, 1.54) is 0 Å². The fraction of sp³-hybridized carbons (Fsp3) is 0.559. The van der Waals surface area contributed by atoms with E-state index in [0.29, 0.717) is 6.54 Å². The molecule has 0 aliphatic heterocycles. The Bertz CT molecular complexity index is 1170. The number of carbonyl (C=O) groups is 3. The molecule has 0 aliphatic carbocycles. The van der Waals surface area contributed by atoms with Crippen LogP contribution < -0.4 is 10.6 Å². The number of phenolic OH excluding ortho intramolecular Hbond substituents is 1. The van der Waals surface area contributed by atoms with E-state index >= 15 is 0 Å². The first kappa shape index (κ1) is 34.7. The van der Waals surface area contributed by atoms with Gasteiger partial charge in [-0.05, 0) is 89.3 Å². The third-order valence-corrected chi connectivity index (χ3v) is 7.08. The van der Waals surface area contributed by atoms with Crippen LogP contribution in [0.4, 0.5) is 4.79 Å². The molecule has 3 N–H and O–H groups in total. The van der Waals surface area contributed by atoms with Gasteiger partial charge < -0.3 is 25.4 Å². The second-order valence-corrected chi connectivity index (χ2v) is 12.4. The van der Waals surface area contributed by atoms with Crippen LogP contribution >= 0.6 is 0 Å². The molecule has 8 heteroatoms. The topological polar surface area (TPSA) is 108 Å². The summed E-state index contributed by atoms with van der Waals surface area (Å²) < 4.78 is 5.52. The van der Waals surface area contributed by atoms with Gasteiger partial charge in [-0.2, -0.15) is 0 Å². The maximum Gasteiger partial charge on any atom is 0.408 e. The molecule has 0 saturated heterocycles. The van der Waals surface area contributed by atoms with Crippen LogP contribution in [0, 0.1) is 13.8 Å². The van der Waals surface area contributed by atoms with Crippen LogP contribution in [0.5, 0.6) is 5.75 Å². The van der Waals surface area contributed by atoms with Crippen molar-refractivity contribution in [1.82, 2.24) is 15.5 Å². The highest BCUT2D eigenvalue weighted by atomic mass is 16.6. The SMILES string of the molecule is CCCCCCCN(C(=O)C(Cc1ccc(O)cc1)NC(=O)OC(C)(C)C)C(C(=O)NC(C)C)c1cccc(C)c1C. The summed E-state index contributed by atoms with van der Waals surface area (Å²) in [5, 5.41) is 15.6. The van der Waals surface area contributed by atoms with Gasteiger partial charge in [-0.1, -0.05) is 62.9 Å². The monoisotopic (exact) mass is 581 g/mol. The number of hydrogen-bond donors (Lipinski definition) is 3. The van der Waals surface area contributed by atoms with Gasteiger partial charge >= 0.3 is 6.09 Å². The zero-order valence-corrected chi connectivity index (χ0v) is 26.8. The van der Waals surface area contributed by atoms with E-state index in [2.05, 4.69) is 17.6 Å². The van der Waals surface area contributed by atoms with Gasteiger partial charge in [0.25, 0.3) is 0 Å². The third-order valence-electron chi connectivity index (χ3n) is 7.08. The molecule has 0 spiro atoms. The molecule has 2 atom stereocenters. The normalized spacial score (nSPS) is 12.9. The number of phenols is 1. The first-order chi connectivity index (χ1) is 19.7. The van der Waals surface area contributed by atoms with Gasteiger partial charge in [-0.25, -0.2) is 4.79 Å². The molecule has 2 aromatic rings. The fourth-order valence-electron chi connectivity index (χ4n) is 4.85. The van der Waals surface area contributed by atoms with Gasteiger partial charge in [-0.3, -0.25) is 9.59 Å². The van der Waals surface area contributed by atoms with Crippen molar-refractivity contribution in [3.05, 3.63) is 64.7 Å². The molecule has 2 rings (SSSR count). The fourth-order valence-corrected chi connectivity index (χ4v) is 4.85.